The van der Waals surface area contributed by atoms with E-state index in [1.807, 2.05) is 0 Å². The third kappa shape index (κ3) is 1.67. The van der Waals surface area contributed by atoms with E-state index < -0.39 is 0 Å². The first-order valence-corrected chi connectivity index (χ1v) is 7.25. The molecule has 2 fully saturated rings. The highest BCUT2D eigenvalue weighted by atomic mass is 15.0. The Bertz CT molecular complexity index is 458. The van der Waals surface area contributed by atoms with E-state index in [2.05, 4.69) is 57.3 Å². The molecular formula is C17H25N. The largest absolute Gasteiger partial charge is 0.381 e. The maximum absolute atomic E-state index is 3.84. The minimum Gasteiger partial charge on any atom is -0.381 e. The Morgan fingerprint density at radius 3 is 2.61 bits per heavy atom. The maximum Gasteiger partial charge on any atom is 0.0368 e. The van der Waals surface area contributed by atoms with Crippen LogP contribution in [0.2, 0.25) is 0 Å². The van der Waals surface area contributed by atoms with Crippen LogP contribution in [0, 0.1) is 23.7 Å². The first kappa shape index (κ1) is 12.1. The van der Waals surface area contributed by atoms with Crippen LogP contribution in [0.3, 0.4) is 0 Å². The normalized spacial score (nSPS) is 36.9. The van der Waals surface area contributed by atoms with Gasteiger partial charge in [-0.25, -0.2) is 0 Å². The van der Waals surface area contributed by atoms with Crippen LogP contribution < -0.4 is 5.32 Å². The number of nitrogens with one attached hydrogen (secondary N) is 1. The zero-order valence-electron chi connectivity index (χ0n) is 12.1. The number of benzene rings is 1. The summed E-state index contributed by atoms with van der Waals surface area (Å²) in [4.78, 5) is 0. The van der Waals surface area contributed by atoms with Crippen molar-refractivity contribution in [1.82, 2.24) is 0 Å². The summed E-state index contributed by atoms with van der Waals surface area (Å²) >= 11 is 0. The van der Waals surface area contributed by atoms with Crippen LogP contribution >= 0.6 is 0 Å². The number of hydrogen-bond donors (Lipinski definition) is 1. The van der Waals surface area contributed by atoms with Gasteiger partial charge in [-0.2, -0.15) is 0 Å². The van der Waals surface area contributed by atoms with Crippen molar-refractivity contribution >= 4 is 5.69 Å². The number of fused-ring (bicyclic) bond motifs is 2. The lowest BCUT2D eigenvalue weighted by Crippen LogP contribution is -2.45. The van der Waals surface area contributed by atoms with Crippen LogP contribution in [0.4, 0.5) is 5.69 Å². The van der Waals surface area contributed by atoms with Gasteiger partial charge in [0.15, 0.2) is 0 Å². The van der Waals surface area contributed by atoms with Gasteiger partial charge in [0.1, 0.15) is 0 Å². The van der Waals surface area contributed by atoms with E-state index in [0.29, 0.717) is 16.9 Å². The fourth-order valence-corrected chi connectivity index (χ4v) is 4.56. The molecule has 0 amide bonds. The van der Waals surface area contributed by atoms with Crippen molar-refractivity contribution in [2.75, 3.05) is 5.32 Å². The zero-order valence-corrected chi connectivity index (χ0v) is 12.1. The van der Waals surface area contributed by atoms with E-state index in [1.54, 1.807) is 0 Å². The van der Waals surface area contributed by atoms with Crippen LogP contribution in [-0.4, -0.2) is 6.04 Å². The molecule has 1 aromatic carbocycles. The molecule has 1 N–H and O–H groups in total. The summed E-state index contributed by atoms with van der Waals surface area (Å²) in [6.07, 6.45) is 4.23. The predicted octanol–water partition coefficient (Wildman–Crippen LogP) is 4.62. The summed E-state index contributed by atoms with van der Waals surface area (Å²) in [5.74, 6) is 0.907. The van der Waals surface area contributed by atoms with Crippen molar-refractivity contribution in [2.24, 2.45) is 16.7 Å². The van der Waals surface area contributed by atoms with Gasteiger partial charge in [-0.3, -0.25) is 0 Å². The van der Waals surface area contributed by atoms with Gasteiger partial charge in [-0.1, -0.05) is 32.9 Å². The lowest BCUT2D eigenvalue weighted by molar-refractivity contribution is 0.155. The lowest BCUT2D eigenvalue weighted by atomic mass is 9.68. The molecular weight excluding hydrogens is 218 g/mol. The van der Waals surface area contributed by atoms with Crippen molar-refractivity contribution < 1.29 is 0 Å². The molecule has 2 saturated carbocycles. The monoisotopic (exact) mass is 243 g/mol. The summed E-state index contributed by atoms with van der Waals surface area (Å²) in [5.41, 5.74) is 3.56. The highest BCUT2D eigenvalue weighted by Gasteiger charge is 2.59. The molecule has 1 aromatic rings. The Morgan fingerprint density at radius 2 is 2.00 bits per heavy atom. The quantitative estimate of drug-likeness (QED) is 0.799. The van der Waals surface area contributed by atoms with E-state index in [0.717, 1.165) is 5.92 Å². The third-order valence-corrected chi connectivity index (χ3v) is 5.60. The van der Waals surface area contributed by atoms with Crippen molar-refractivity contribution in [2.45, 2.75) is 53.0 Å². The molecule has 1 heteroatoms. The molecule has 1 unspecified atom stereocenters. The van der Waals surface area contributed by atoms with Crippen LogP contribution in [-0.2, 0) is 0 Å². The van der Waals surface area contributed by atoms with Gasteiger partial charge in [-0.05, 0) is 60.6 Å². The summed E-state index contributed by atoms with van der Waals surface area (Å²) in [6.45, 7) is 9.55. The van der Waals surface area contributed by atoms with E-state index in [1.165, 1.54) is 30.5 Å². The highest BCUT2D eigenvalue weighted by molar-refractivity contribution is 5.47. The Balaban J connectivity index is 1.88. The van der Waals surface area contributed by atoms with Crippen molar-refractivity contribution in [1.29, 1.82) is 0 Å². The molecule has 1 nitrogen and oxygen atoms in total. The molecule has 0 spiro atoms. The molecule has 18 heavy (non-hydrogen) atoms. The van der Waals surface area contributed by atoms with Crippen LogP contribution in [0.25, 0.3) is 0 Å². The van der Waals surface area contributed by atoms with Crippen molar-refractivity contribution in [3.05, 3.63) is 29.8 Å². The highest BCUT2D eigenvalue weighted by Crippen LogP contribution is 2.63. The molecule has 2 aliphatic carbocycles. The first-order chi connectivity index (χ1) is 8.42. The molecule has 98 valence electrons. The van der Waals surface area contributed by atoms with Crippen LogP contribution in [0.5, 0.6) is 0 Å². The summed E-state index contributed by atoms with van der Waals surface area (Å²) in [6, 6.07) is 9.41. The predicted molar refractivity (Wildman–Crippen MR) is 77.8 cm³/mol. The van der Waals surface area contributed by atoms with E-state index in [-0.39, 0.29) is 0 Å². The molecule has 0 aromatic heterocycles. The second kappa shape index (κ2) is 3.76. The topological polar surface area (TPSA) is 12.0 Å². The van der Waals surface area contributed by atoms with Crippen LogP contribution in [0.1, 0.15) is 45.6 Å². The van der Waals surface area contributed by atoms with Crippen LogP contribution in [0.15, 0.2) is 24.3 Å². The Hall–Kier alpha value is -0.980. The second-order valence-corrected chi connectivity index (χ2v) is 7.36. The van der Waals surface area contributed by atoms with Crippen molar-refractivity contribution in [3.63, 3.8) is 0 Å². The number of rotatable bonds is 2. The van der Waals surface area contributed by atoms with E-state index >= 15 is 0 Å². The Labute approximate surface area is 111 Å². The number of aryl methyl sites for hydroxylation is 1. The Morgan fingerprint density at radius 1 is 1.22 bits per heavy atom. The summed E-state index contributed by atoms with van der Waals surface area (Å²) < 4.78 is 0. The molecule has 0 heterocycles. The minimum absolute atomic E-state index is 0.427. The van der Waals surface area contributed by atoms with Gasteiger partial charge in [0.05, 0.1) is 0 Å². The summed E-state index contributed by atoms with van der Waals surface area (Å²) in [5, 5.41) is 3.84. The number of anilines is 1. The first-order valence-electron chi connectivity index (χ1n) is 7.25. The average Bonchev–Trinajstić information content (AvgIpc) is 2.76. The van der Waals surface area contributed by atoms with Gasteiger partial charge < -0.3 is 5.32 Å². The molecule has 0 radical (unpaired) electrons. The van der Waals surface area contributed by atoms with Gasteiger partial charge in [0.2, 0.25) is 0 Å². The SMILES string of the molecule is Cc1cccc(NC2C(C)(C)[C@H]3CC[C@]2(C)C3)c1. The minimum atomic E-state index is 0.427. The molecule has 2 aliphatic rings. The zero-order chi connectivity index (χ0) is 13.0. The standard InChI is InChI=1S/C17H25N/c1-12-6-5-7-14(10-12)18-15-16(2,3)13-8-9-17(15,4)11-13/h5-7,10,13,15,18H,8-9,11H2,1-4H3/t13-,15?,17+/m0/s1. The van der Waals surface area contributed by atoms with Gasteiger partial charge in [-0.15, -0.1) is 0 Å². The lowest BCUT2D eigenvalue weighted by Gasteiger charge is -2.43. The molecule has 3 rings (SSSR count). The van der Waals surface area contributed by atoms with Gasteiger partial charge in [0, 0.05) is 11.7 Å². The van der Waals surface area contributed by atoms with Crippen molar-refractivity contribution in [3.8, 4) is 0 Å². The van der Waals surface area contributed by atoms with E-state index in [4.69, 9.17) is 0 Å². The van der Waals surface area contributed by atoms with Gasteiger partial charge >= 0.3 is 0 Å². The van der Waals surface area contributed by atoms with E-state index in [9.17, 15) is 0 Å². The molecule has 0 aliphatic heterocycles. The third-order valence-electron chi connectivity index (χ3n) is 5.60. The Kier molecular flexibility index (Phi) is 2.52. The van der Waals surface area contributed by atoms with Gasteiger partial charge in [0.25, 0.3) is 0 Å². The molecule has 3 atom stereocenters. The fourth-order valence-electron chi connectivity index (χ4n) is 4.56. The molecule has 0 saturated heterocycles. The number of hydrogen-bond acceptors (Lipinski definition) is 1. The summed E-state index contributed by atoms with van der Waals surface area (Å²) in [7, 11) is 0. The molecule has 2 bridgehead atoms. The fraction of sp³-hybridized carbons (Fsp3) is 0.647. The second-order valence-electron chi connectivity index (χ2n) is 7.36. The average molecular weight is 243 g/mol. The maximum atomic E-state index is 3.84. The smallest absolute Gasteiger partial charge is 0.0368 e.